The second-order valence-corrected chi connectivity index (χ2v) is 4.30. The first-order valence-corrected chi connectivity index (χ1v) is 5.57. The summed E-state index contributed by atoms with van der Waals surface area (Å²) in [4.78, 5) is 0. The lowest BCUT2D eigenvalue weighted by Crippen LogP contribution is -2.21. The summed E-state index contributed by atoms with van der Waals surface area (Å²) in [5.41, 5.74) is 1.01. The van der Waals surface area contributed by atoms with E-state index in [4.69, 9.17) is 11.6 Å². The first-order chi connectivity index (χ1) is 7.49. The third-order valence-corrected chi connectivity index (χ3v) is 2.81. The third kappa shape index (κ3) is 2.87. The summed E-state index contributed by atoms with van der Waals surface area (Å²) in [7, 11) is 0. The van der Waals surface area contributed by atoms with Crippen molar-refractivity contribution >= 4 is 11.6 Å². The molecule has 16 heavy (non-hydrogen) atoms. The Morgan fingerprint density at radius 2 is 2.06 bits per heavy atom. The van der Waals surface area contributed by atoms with Crippen molar-refractivity contribution in [1.29, 1.82) is 0 Å². The SMILES string of the molecule is FC(F)(F)Cn1nnc(CCl)c1CC1CC1. The molecule has 90 valence electrons. The van der Waals surface area contributed by atoms with E-state index >= 15 is 0 Å². The summed E-state index contributed by atoms with van der Waals surface area (Å²) >= 11 is 5.62. The number of hydrogen-bond donors (Lipinski definition) is 0. The van der Waals surface area contributed by atoms with Gasteiger partial charge in [0.25, 0.3) is 0 Å². The monoisotopic (exact) mass is 253 g/mol. The maximum absolute atomic E-state index is 12.3. The minimum atomic E-state index is -4.27. The number of halogens is 4. The van der Waals surface area contributed by atoms with E-state index < -0.39 is 12.7 Å². The summed E-state index contributed by atoms with van der Waals surface area (Å²) in [6.07, 6.45) is -1.53. The van der Waals surface area contributed by atoms with Crippen molar-refractivity contribution in [3.8, 4) is 0 Å². The molecule has 0 radical (unpaired) electrons. The molecule has 7 heteroatoms. The van der Waals surface area contributed by atoms with Crippen molar-refractivity contribution in [3.05, 3.63) is 11.4 Å². The van der Waals surface area contributed by atoms with Crippen LogP contribution in [0.5, 0.6) is 0 Å². The average Bonchev–Trinajstić information content (AvgIpc) is 2.90. The number of aromatic nitrogens is 3. The van der Waals surface area contributed by atoms with E-state index in [0.717, 1.165) is 17.5 Å². The van der Waals surface area contributed by atoms with Gasteiger partial charge in [0.15, 0.2) is 0 Å². The van der Waals surface area contributed by atoms with E-state index in [1.807, 2.05) is 0 Å². The molecule has 1 aliphatic carbocycles. The molecule has 2 rings (SSSR count). The van der Waals surface area contributed by atoms with Gasteiger partial charge in [0, 0.05) is 0 Å². The molecule has 0 aromatic carbocycles. The number of rotatable bonds is 4. The van der Waals surface area contributed by atoms with Crippen LogP contribution in [0.25, 0.3) is 0 Å². The van der Waals surface area contributed by atoms with Crippen LogP contribution in [0, 0.1) is 5.92 Å². The van der Waals surface area contributed by atoms with Crippen LogP contribution in [0.1, 0.15) is 24.2 Å². The molecule has 0 spiro atoms. The number of hydrogen-bond acceptors (Lipinski definition) is 2. The van der Waals surface area contributed by atoms with Gasteiger partial charge >= 0.3 is 6.18 Å². The lowest BCUT2D eigenvalue weighted by molar-refractivity contribution is -0.143. The molecule has 1 aliphatic rings. The Bertz CT molecular complexity index is 371. The highest BCUT2D eigenvalue weighted by Crippen LogP contribution is 2.33. The van der Waals surface area contributed by atoms with Crippen molar-refractivity contribution in [1.82, 2.24) is 15.0 Å². The third-order valence-electron chi connectivity index (χ3n) is 2.55. The summed E-state index contributed by atoms with van der Waals surface area (Å²) in [5, 5.41) is 7.20. The Hall–Kier alpha value is -0.780. The molecule has 1 heterocycles. The second-order valence-electron chi connectivity index (χ2n) is 4.04. The molecule has 0 saturated heterocycles. The van der Waals surface area contributed by atoms with Gasteiger partial charge in [-0.15, -0.1) is 16.7 Å². The van der Waals surface area contributed by atoms with Crippen molar-refractivity contribution in [2.45, 2.75) is 37.9 Å². The van der Waals surface area contributed by atoms with Crippen molar-refractivity contribution in [3.63, 3.8) is 0 Å². The molecule has 3 nitrogen and oxygen atoms in total. The fraction of sp³-hybridized carbons (Fsp3) is 0.778. The molecular weight excluding hydrogens is 243 g/mol. The minimum Gasteiger partial charge on any atom is -0.240 e. The lowest BCUT2D eigenvalue weighted by atomic mass is 10.2. The predicted octanol–water partition coefficient (Wildman–Crippen LogP) is 2.53. The number of alkyl halides is 4. The van der Waals surface area contributed by atoms with E-state index in [9.17, 15) is 13.2 Å². The largest absolute Gasteiger partial charge is 0.408 e. The van der Waals surface area contributed by atoms with Gasteiger partial charge in [-0.2, -0.15) is 13.2 Å². The highest BCUT2D eigenvalue weighted by molar-refractivity contribution is 6.16. The van der Waals surface area contributed by atoms with Gasteiger partial charge in [0.2, 0.25) is 0 Å². The Kier molecular flexibility index (Phi) is 3.10. The van der Waals surface area contributed by atoms with Gasteiger partial charge in [-0.1, -0.05) is 5.21 Å². The average molecular weight is 254 g/mol. The summed E-state index contributed by atoms with van der Waals surface area (Å²) < 4.78 is 37.7. The molecule has 1 saturated carbocycles. The van der Waals surface area contributed by atoms with Crippen LogP contribution >= 0.6 is 11.6 Å². The summed E-state index contributed by atoms with van der Waals surface area (Å²) in [6, 6.07) is 0. The Morgan fingerprint density at radius 3 is 2.56 bits per heavy atom. The Labute approximate surface area is 95.6 Å². The zero-order valence-electron chi connectivity index (χ0n) is 8.47. The molecule has 0 aliphatic heterocycles. The second kappa shape index (κ2) is 4.24. The fourth-order valence-corrected chi connectivity index (χ4v) is 1.80. The molecule has 0 bridgehead atoms. The van der Waals surface area contributed by atoms with Gasteiger partial charge in [0.1, 0.15) is 12.2 Å². The number of nitrogens with zero attached hydrogens (tertiary/aromatic N) is 3. The van der Waals surface area contributed by atoms with Gasteiger partial charge in [0.05, 0.1) is 11.6 Å². The van der Waals surface area contributed by atoms with Crippen LogP contribution in [0.2, 0.25) is 0 Å². The van der Waals surface area contributed by atoms with Gasteiger partial charge < -0.3 is 0 Å². The first kappa shape index (κ1) is 11.7. The normalized spacial score (nSPS) is 16.8. The van der Waals surface area contributed by atoms with Crippen LogP contribution in [0.15, 0.2) is 0 Å². The highest BCUT2D eigenvalue weighted by atomic mass is 35.5. The van der Waals surface area contributed by atoms with E-state index in [0.29, 0.717) is 23.7 Å². The molecule has 0 atom stereocenters. The van der Waals surface area contributed by atoms with Crippen molar-refractivity contribution in [2.75, 3.05) is 0 Å². The summed E-state index contributed by atoms with van der Waals surface area (Å²) in [5.74, 6) is 0.590. The van der Waals surface area contributed by atoms with E-state index in [1.54, 1.807) is 0 Å². The maximum atomic E-state index is 12.3. The highest BCUT2D eigenvalue weighted by Gasteiger charge is 2.32. The Balaban J connectivity index is 2.18. The smallest absolute Gasteiger partial charge is 0.240 e. The molecular formula is C9H11ClF3N3. The zero-order chi connectivity index (χ0) is 11.8. The van der Waals surface area contributed by atoms with Crippen LogP contribution in [-0.2, 0) is 18.8 Å². The zero-order valence-corrected chi connectivity index (χ0v) is 9.22. The first-order valence-electron chi connectivity index (χ1n) is 5.03. The van der Waals surface area contributed by atoms with Gasteiger partial charge in [-0.25, -0.2) is 4.68 Å². The molecule has 1 aromatic rings. The minimum absolute atomic E-state index is 0.111. The standard InChI is InChI=1S/C9H11ClF3N3/c10-4-7-8(3-6-1-2-6)16(15-14-7)5-9(11,12)13/h6H,1-5H2. The van der Waals surface area contributed by atoms with E-state index in [-0.39, 0.29) is 5.88 Å². The molecule has 1 fully saturated rings. The van der Waals surface area contributed by atoms with Crippen LogP contribution in [0.4, 0.5) is 13.2 Å². The van der Waals surface area contributed by atoms with Crippen LogP contribution in [-0.4, -0.2) is 21.2 Å². The molecule has 0 N–H and O–H groups in total. The van der Waals surface area contributed by atoms with Gasteiger partial charge in [-0.3, -0.25) is 0 Å². The molecule has 0 unspecified atom stereocenters. The summed E-state index contributed by atoms with van der Waals surface area (Å²) in [6.45, 7) is -1.08. The van der Waals surface area contributed by atoms with Crippen molar-refractivity contribution in [2.24, 2.45) is 5.92 Å². The van der Waals surface area contributed by atoms with Gasteiger partial charge in [-0.05, 0) is 25.2 Å². The molecule has 1 aromatic heterocycles. The quantitative estimate of drug-likeness (QED) is 0.772. The maximum Gasteiger partial charge on any atom is 0.408 e. The van der Waals surface area contributed by atoms with E-state index in [1.165, 1.54) is 0 Å². The predicted molar refractivity (Wildman–Crippen MR) is 52.1 cm³/mol. The van der Waals surface area contributed by atoms with Crippen molar-refractivity contribution < 1.29 is 13.2 Å². The lowest BCUT2D eigenvalue weighted by Gasteiger charge is -2.09. The topological polar surface area (TPSA) is 30.7 Å². The fourth-order valence-electron chi connectivity index (χ4n) is 1.59. The van der Waals surface area contributed by atoms with E-state index in [2.05, 4.69) is 10.3 Å². The Morgan fingerprint density at radius 1 is 1.38 bits per heavy atom. The van der Waals surface area contributed by atoms with Crippen LogP contribution < -0.4 is 0 Å². The molecule has 0 amide bonds. The van der Waals surface area contributed by atoms with Crippen LogP contribution in [0.3, 0.4) is 0 Å².